The normalized spacial score (nSPS) is 12.3. The number of nitrogens with two attached hydrogens (primary N) is 2. The average Bonchev–Trinajstić information content (AvgIpc) is 2.40. The maximum atomic E-state index is 11.6. The Balaban J connectivity index is 4.26. The number of nitrogens with zero attached hydrogens (tertiary/aromatic N) is 3. The van der Waals surface area contributed by atoms with Crippen LogP contribution in [0, 0.1) is 0 Å². The number of carbonyl (C=O) groups excluding carboxylic acids is 1. The molecule has 4 N–H and O–H groups in total. The number of hydrogen-bond acceptors (Lipinski definition) is 2. The van der Waals surface area contributed by atoms with Crippen LogP contribution in [0.4, 0.5) is 0 Å². The molecule has 0 fully saturated rings. The molecule has 114 valence electrons. The fourth-order valence-corrected chi connectivity index (χ4v) is 1.53. The summed E-state index contributed by atoms with van der Waals surface area (Å²) in [6, 6.07) is 0. The molecule has 0 saturated carbocycles. The lowest BCUT2D eigenvalue weighted by molar-refractivity contribution is -0.122. The van der Waals surface area contributed by atoms with E-state index >= 15 is 0 Å². The molecule has 0 aromatic rings. The van der Waals surface area contributed by atoms with Gasteiger partial charge in [0.05, 0.1) is 0 Å². The monoisotopic (exact) mass is 281 g/mol. The van der Waals surface area contributed by atoms with Gasteiger partial charge in [-0.05, 0) is 13.3 Å². The van der Waals surface area contributed by atoms with E-state index in [4.69, 9.17) is 11.5 Å². The van der Waals surface area contributed by atoms with Gasteiger partial charge in [0.2, 0.25) is 11.9 Å². The highest BCUT2D eigenvalue weighted by Crippen LogP contribution is 2.02. The minimum Gasteiger partial charge on any atom is -0.369 e. The quantitative estimate of drug-likeness (QED) is 0.321. The molecule has 0 saturated heterocycles. The van der Waals surface area contributed by atoms with E-state index in [1.165, 1.54) is 31.2 Å². The van der Waals surface area contributed by atoms with E-state index in [2.05, 4.69) is 23.5 Å². The Kier molecular flexibility index (Phi) is 9.07. The molecule has 20 heavy (non-hydrogen) atoms. The van der Waals surface area contributed by atoms with E-state index in [9.17, 15) is 4.79 Å². The molecule has 0 radical (unpaired) electrons. The van der Waals surface area contributed by atoms with Crippen LogP contribution in [0.25, 0.3) is 0 Å². The molecule has 0 atom stereocenters. The second-order valence-electron chi connectivity index (χ2n) is 4.77. The van der Waals surface area contributed by atoms with Crippen LogP contribution in [-0.2, 0) is 4.79 Å². The predicted molar refractivity (Wildman–Crippen MR) is 84.5 cm³/mol. The van der Waals surface area contributed by atoms with Crippen molar-refractivity contribution in [2.75, 3.05) is 13.6 Å². The highest BCUT2D eigenvalue weighted by molar-refractivity contribution is 6.06. The Labute approximate surface area is 121 Å². The van der Waals surface area contributed by atoms with E-state index in [0.29, 0.717) is 12.1 Å². The van der Waals surface area contributed by atoms with Crippen LogP contribution in [-0.4, -0.2) is 36.3 Å². The van der Waals surface area contributed by atoms with Crippen molar-refractivity contribution in [2.45, 2.75) is 46.0 Å². The van der Waals surface area contributed by atoms with Crippen LogP contribution in [0.1, 0.15) is 46.0 Å². The van der Waals surface area contributed by atoms with Crippen molar-refractivity contribution in [1.29, 1.82) is 0 Å². The molecule has 0 rings (SSSR count). The summed E-state index contributed by atoms with van der Waals surface area (Å²) in [5, 5.41) is 0. The van der Waals surface area contributed by atoms with E-state index < -0.39 is 0 Å². The molecule has 6 heteroatoms. The first-order chi connectivity index (χ1) is 9.40. The molecule has 0 aliphatic rings. The van der Waals surface area contributed by atoms with E-state index in [1.54, 1.807) is 6.92 Å². The highest BCUT2D eigenvalue weighted by Gasteiger charge is 2.12. The minimum absolute atomic E-state index is 0.0187. The lowest BCUT2D eigenvalue weighted by Crippen LogP contribution is -2.40. The first kappa shape index (κ1) is 18.1. The third kappa shape index (κ3) is 7.56. The molecule has 6 nitrogen and oxygen atoms in total. The van der Waals surface area contributed by atoms with Crippen molar-refractivity contribution < 1.29 is 4.79 Å². The summed E-state index contributed by atoms with van der Waals surface area (Å²) in [4.78, 5) is 20.8. The van der Waals surface area contributed by atoms with Crippen molar-refractivity contribution >= 4 is 17.8 Å². The standard InChI is InChI=1S/C14H27N5O/c1-5-6-7-8-9-10-17-13(15)18-14(16)19(4)12(20)11(2)3/h2,5-10H2,1,3-4H3,(H4,15,16,17,18). The summed E-state index contributed by atoms with van der Waals surface area (Å²) in [5.74, 6) is -0.178. The number of amides is 1. The summed E-state index contributed by atoms with van der Waals surface area (Å²) >= 11 is 0. The smallest absolute Gasteiger partial charge is 0.255 e. The number of likely N-dealkylation sites (N-methyl/N-ethyl adjacent to an activating group) is 1. The van der Waals surface area contributed by atoms with Gasteiger partial charge in [-0.25, -0.2) is 0 Å². The average molecular weight is 281 g/mol. The lowest BCUT2D eigenvalue weighted by Gasteiger charge is -2.15. The van der Waals surface area contributed by atoms with Crippen molar-refractivity contribution in [2.24, 2.45) is 21.5 Å². The van der Waals surface area contributed by atoms with Crippen molar-refractivity contribution in [1.82, 2.24) is 4.90 Å². The topological polar surface area (TPSA) is 97.1 Å². The Bertz CT molecular complexity index is 387. The van der Waals surface area contributed by atoms with E-state index in [-0.39, 0.29) is 17.8 Å². The minimum atomic E-state index is -0.293. The van der Waals surface area contributed by atoms with Crippen LogP contribution in [0.5, 0.6) is 0 Å². The van der Waals surface area contributed by atoms with Gasteiger partial charge in [0.15, 0.2) is 0 Å². The van der Waals surface area contributed by atoms with Gasteiger partial charge in [-0.3, -0.25) is 14.7 Å². The van der Waals surface area contributed by atoms with E-state index in [0.717, 1.165) is 12.8 Å². The largest absolute Gasteiger partial charge is 0.369 e. The number of unbranched alkanes of at least 4 members (excludes halogenated alkanes) is 4. The van der Waals surface area contributed by atoms with Gasteiger partial charge in [0.1, 0.15) is 0 Å². The van der Waals surface area contributed by atoms with Crippen LogP contribution in [0.15, 0.2) is 22.1 Å². The second-order valence-corrected chi connectivity index (χ2v) is 4.77. The van der Waals surface area contributed by atoms with Gasteiger partial charge in [0.25, 0.3) is 5.91 Å². The van der Waals surface area contributed by atoms with Gasteiger partial charge in [0, 0.05) is 19.2 Å². The first-order valence-corrected chi connectivity index (χ1v) is 6.97. The van der Waals surface area contributed by atoms with Crippen molar-refractivity contribution in [3.05, 3.63) is 12.2 Å². The number of guanidine groups is 2. The van der Waals surface area contributed by atoms with Crippen molar-refractivity contribution in [3.63, 3.8) is 0 Å². The fraction of sp³-hybridized carbons (Fsp3) is 0.643. The van der Waals surface area contributed by atoms with Crippen LogP contribution in [0.2, 0.25) is 0 Å². The van der Waals surface area contributed by atoms with Gasteiger partial charge >= 0.3 is 0 Å². The highest BCUT2D eigenvalue weighted by atomic mass is 16.2. The van der Waals surface area contributed by atoms with Gasteiger partial charge in [-0.15, -0.1) is 0 Å². The summed E-state index contributed by atoms with van der Waals surface area (Å²) in [5.41, 5.74) is 11.7. The van der Waals surface area contributed by atoms with Crippen molar-refractivity contribution in [3.8, 4) is 0 Å². The zero-order valence-electron chi connectivity index (χ0n) is 12.9. The number of hydrogen-bond donors (Lipinski definition) is 2. The van der Waals surface area contributed by atoms with Gasteiger partial charge in [-0.1, -0.05) is 39.2 Å². The third-order valence-electron chi connectivity index (χ3n) is 2.78. The Hall–Kier alpha value is -1.85. The van der Waals surface area contributed by atoms with Crippen LogP contribution >= 0.6 is 0 Å². The molecular weight excluding hydrogens is 254 g/mol. The molecule has 0 heterocycles. The van der Waals surface area contributed by atoms with Gasteiger partial charge in [-0.2, -0.15) is 4.99 Å². The number of carbonyl (C=O) groups is 1. The van der Waals surface area contributed by atoms with Gasteiger partial charge < -0.3 is 11.5 Å². The molecule has 0 unspecified atom stereocenters. The molecule has 0 aliphatic carbocycles. The SMILES string of the molecule is C=C(C)C(=O)N(C)C(N)=NC(N)=NCCCCCCC. The Morgan fingerprint density at radius 3 is 2.35 bits per heavy atom. The zero-order valence-corrected chi connectivity index (χ0v) is 12.9. The lowest BCUT2D eigenvalue weighted by atomic mass is 10.2. The number of aliphatic imine (C=N–C) groups is 2. The molecule has 1 amide bonds. The number of rotatable bonds is 7. The molecular formula is C14H27N5O. The Morgan fingerprint density at radius 1 is 1.20 bits per heavy atom. The third-order valence-corrected chi connectivity index (χ3v) is 2.78. The molecule has 0 aromatic heterocycles. The Morgan fingerprint density at radius 2 is 1.80 bits per heavy atom. The maximum absolute atomic E-state index is 11.6. The summed E-state index contributed by atoms with van der Waals surface area (Å²) < 4.78 is 0. The zero-order chi connectivity index (χ0) is 15.5. The predicted octanol–water partition coefficient (Wildman–Crippen LogP) is 1.62. The molecule has 0 aliphatic heterocycles. The maximum Gasteiger partial charge on any atom is 0.255 e. The summed E-state index contributed by atoms with van der Waals surface area (Å²) in [6.07, 6.45) is 5.80. The molecule has 0 aromatic carbocycles. The summed E-state index contributed by atoms with van der Waals surface area (Å²) in [6.45, 7) is 7.98. The van der Waals surface area contributed by atoms with E-state index in [1.807, 2.05) is 0 Å². The van der Waals surface area contributed by atoms with Crippen LogP contribution in [0.3, 0.4) is 0 Å². The summed E-state index contributed by atoms with van der Waals surface area (Å²) in [7, 11) is 1.52. The second kappa shape index (κ2) is 10.00. The molecule has 0 spiro atoms. The fourth-order valence-electron chi connectivity index (χ4n) is 1.53. The molecule has 0 bridgehead atoms. The van der Waals surface area contributed by atoms with Crippen LogP contribution < -0.4 is 11.5 Å². The first-order valence-electron chi connectivity index (χ1n) is 6.97.